The van der Waals surface area contributed by atoms with Crippen LogP contribution in [0.15, 0.2) is 54.6 Å². The van der Waals surface area contributed by atoms with Crippen molar-refractivity contribution in [2.24, 2.45) is 0 Å². The van der Waals surface area contributed by atoms with E-state index in [0.717, 1.165) is 4.90 Å². The van der Waals surface area contributed by atoms with Gasteiger partial charge in [-0.05, 0) is 24.6 Å². The molecule has 1 aliphatic heterocycles. The molecule has 1 saturated heterocycles. The number of nitrogens with one attached hydrogen (secondary N) is 2. The van der Waals surface area contributed by atoms with Crippen LogP contribution in [0.4, 0.5) is 14.9 Å². The number of amides is 4. The molecule has 128 valence electrons. The van der Waals surface area contributed by atoms with Gasteiger partial charge in [-0.15, -0.1) is 0 Å². The maximum atomic E-state index is 13.6. The molecule has 0 radical (unpaired) electrons. The first kappa shape index (κ1) is 16.6. The lowest BCUT2D eigenvalue weighted by atomic mass is 9.92. The molecule has 7 heteroatoms. The Morgan fingerprint density at radius 1 is 1.12 bits per heavy atom. The minimum Gasteiger partial charge on any atom is -0.322 e. The largest absolute Gasteiger partial charge is 0.325 e. The van der Waals surface area contributed by atoms with E-state index in [4.69, 9.17) is 0 Å². The molecule has 2 aromatic carbocycles. The summed E-state index contributed by atoms with van der Waals surface area (Å²) in [7, 11) is 0. The van der Waals surface area contributed by atoms with Crippen molar-refractivity contribution < 1.29 is 18.8 Å². The van der Waals surface area contributed by atoms with E-state index in [2.05, 4.69) is 10.6 Å². The average molecular weight is 341 g/mol. The van der Waals surface area contributed by atoms with Crippen LogP contribution in [0.3, 0.4) is 0 Å². The number of carbonyl (C=O) groups is 3. The van der Waals surface area contributed by atoms with Gasteiger partial charge in [0.15, 0.2) is 0 Å². The Morgan fingerprint density at radius 2 is 1.76 bits per heavy atom. The molecule has 0 saturated carbocycles. The summed E-state index contributed by atoms with van der Waals surface area (Å²) in [4.78, 5) is 37.8. The van der Waals surface area contributed by atoms with Crippen LogP contribution in [0.1, 0.15) is 12.5 Å². The average Bonchev–Trinajstić information content (AvgIpc) is 2.82. The summed E-state index contributed by atoms with van der Waals surface area (Å²) < 4.78 is 13.6. The van der Waals surface area contributed by atoms with Gasteiger partial charge >= 0.3 is 6.03 Å². The van der Waals surface area contributed by atoms with Crippen LogP contribution >= 0.6 is 0 Å². The number of rotatable bonds is 4. The van der Waals surface area contributed by atoms with Crippen LogP contribution < -0.4 is 10.6 Å². The van der Waals surface area contributed by atoms with Gasteiger partial charge in [-0.25, -0.2) is 9.18 Å². The molecular formula is C18H16FN3O3. The summed E-state index contributed by atoms with van der Waals surface area (Å²) in [5.74, 6) is -1.79. The summed E-state index contributed by atoms with van der Waals surface area (Å²) >= 11 is 0. The number of carbonyl (C=O) groups excluding carboxylic acids is 3. The molecule has 2 N–H and O–H groups in total. The van der Waals surface area contributed by atoms with E-state index in [-0.39, 0.29) is 5.69 Å². The third-order valence-electron chi connectivity index (χ3n) is 4.08. The zero-order chi connectivity index (χ0) is 18.0. The second-order valence-electron chi connectivity index (χ2n) is 5.84. The summed E-state index contributed by atoms with van der Waals surface area (Å²) in [5, 5.41) is 4.97. The number of nitrogens with zero attached hydrogens (tertiary/aromatic N) is 1. The van der Waals surface area contributed by atoms with Gasteiger partial charge in [0.25, 0.3) is 5.91 Å². The Morgan fingerprint density at radius 3 is 2.44 bits per heavy atom. The molecule has 3 rings (SSSR count). The zero-order valence-corrected chi connectivity index (χ0v) is 13.5. The lowest BCUT2D eigenvalue weighted by Gasteiger charge is -2.22. The van der Waals surface area contributed by atoms with Crippen molar-refractivity contribution >= 4 is 23.5 Å². The van der Waals surface area contributed by atoms with Crippen LogP contribution in [-0.2, 0) is 15.1 Å². The van der Waals surface area contributed by atoms with Crippen molar-refractivity contribution in [3.05, 3.63) is 66.0 Å². The number of halogens is 1. The molecule has 2 aromatic rings. The molecule has 0 bridgehead atoms. The lowest BCUT2D eigenvalue weighted by molar-refractivity contribution is -0.133. The van der Waals surface area contributed by atoms with Gasteiger partial charge in [0.1, 0.15) is 17.9 Å². The Hall–Kier alpha value is -3.22. The number of urea groups is 1. The Balaban J connectivity index is 1.75. The highest BCUT2D eigenvalue weighted by Gasteiger charge is 2.49. The lowest BCUT2D eigenvalue weighted by Crippen LogP contribution is -2.42. The highest BCUT2D eigenvalue weighted by molar-refractivity contribution is 6.10. The number of imide groups is 1. The van der Waals surface area contributed by atoms with Crippen molar-refractivity contribution in [3.8, 4) is 0 Å². The number of hydrogen-bond donors (Lipinski definition) is 2. The van der Waals surface area contributed by atoms with Crippen LogP contribution in [0.25, 0.3) is 0 Å². The van der Waals surface area contributed by atoms with E-state index >= 15 is 0 Å². The second-order valence-corrected chi connectivity index (χ2v) is 5.84. The normalized spacial score (nSPS) is 19.7. The smallest absolute Gasteiger partial charge is 0.322 e. The highest BCUT2D eigenvalue weighted by atomic mass is 19.1. The summed E-state index contributed by atoms with van der Waals surface area (Å²) in [6.45, 7) is 1.08. The van der Waals surface area contributed by atoms with Crippen LogP contribution in [0.5, 0.6) is 0 Å². The first-order valence-corrected chi connectivity index (χ1v) is 7.66. The first-order valence-electron chi connectivity index (χ1n) is 7.66. The van der Waals surface area contributed by atoms with Gasteiger partial charge in [-0.3, -0.25) is 14.5 Å². The molecule has 6 nitrogen and oxygen atoms in total. The molecule has 1 unspecified atom stereocenters. The van der Waals surface area contributed by atoms with Gasteiger partial charge in [-0.1, -0.05) is 42.5 Å². The number of hydrogen-bond acceptors (Lipinski definition) is 3. The van der Waals surface area contributed by atoms with E-state index < -0.39 is 35.7 Å². The minimum atomic E-state index is -1.24. The minimum absolute atomic E-state index is 0.00891. The molecular weight excluding hydrogens is 325 g/mol. The van der Waals surface area contributed by atoms with Crippen molar-refractivity contribution in [2.75, 3.05) is 11.9 Å². The molecule has 0 spiro atoms. The Labute approximate surface area is 143 Å². The molecule has 0 aromatic heterocycles. The quantitative estimate of drug-likeness (QED) is 0.837. The molecule has 1 fully saturated rings. The highest BCUT2D eigenvalue weighted by Crippen LogP contribution is 2.28. The van der Waals surface area contributed by atoms with E-state index in [9.17, 15) is 18.8 Å². The van der Waals surface area contributed by atoms with E-state index in [1.165, 1.54) is 18.2 Å². The van der Waals surface area contributed by atoms with E-state index in [1.807, 2.05) is 0 Å². The molecule has 1 aliphatic rings. The molecule has 1 heterocycles. The van der Waals surface area contributed by atoms with Crippen LogP contribution in [0.2, 0.25) is 0 Å². The van der Waals surface area contributed by atoms with Crippen molar-refractivity contribution in [1.29, 1.82) is 0 Å². The van der Waals surface area contributed by atoms with Crippen LogP contribution in [0, 0.1) is 5.82 Å². The standard InChI is InChI=1S/C18H16FN3O3/c1-18(12-7-3-2-4-8-12)16(24)22(17(25)21-18)11-15(23)20-14-10-6-5-9-13(14)19/h2-10H,11H2,1H3,(H,20,23)(H,21,25). The van der Waals surface area contributed by atoms with Gasteiger partial charge in [0.2, 0.25) is 5.91 Å². The van der Waals surface area contributed by atoms with Crippen molar-refractivity contribution in [3.63, 3.8) is 0 Å². The predicted molar refractivity (Wildman–Crippen MR) is 89.1 cm³/mol. The number of benzene rings is 2. The third-order valence-corrected chi connectivity index (χ3v) is 4.08. The van der Waals surface area contributed by atoms with Gasteiger partial charge < -0.3 is 10.6 Å². The molecule has 1 atom stereocenters. The van der Waals surface area contributed by atoms with Gasteiger partial charge in [0.05, 0.1) is 5.69 Å². The fraction of sp³-hybridized carbons (Fsp3) is 0.167. The number of para-hydroxylation sites is 1. The fourth-order valence-corrected chi connectivity index (χ4v) is 2.70. The Kier molecular flexibility index (Phi) is 4.22. The maximum absolute atomic E-state index is 13.6. The second kappa shape index (κ2) is 6.35. The van der Waals surface area contributed by atoms with Crippen LogP contribution in [-0.4, -0.2) is 29.3 Å². The molecule has 4 amide bonds. The predicted octanol–water partition coefficient (Wildman–Crippen LogP) is 2.23. The fourth-order valence-electron chi connectivity index (χ4n) is 2.70. The number of anilines is 1. The molecule has 25 heavy (non-hydrogen) atoms. The topological polar surface area (TPSA) is 78.5 Å². The zero-order valence-electron chi connectivity index (χ0n) is 13.5. The SMILES string of the molecule is CC1(c2ccccc2)NC(=O)N(CC(=O)Nc2ccccc2F)C1=O. The van der Waals surface area contributed by atoms with Gasteiger partial charge in [-0.2, -0.15) is 0 Å². The third kappa shape index (κ3) is 3.08. The summed E-state index contributed by atoms with van der Waals surface area (Å²) in [5.41, 5.74) is -0.632. The Bertz CT molecular complexity index is 840. The summed E-state index contributed by atoms with van der Waals surface area (Å²) in [6.07, 6.45) is 0. The van der Waals surface area contributed by atoms with Crippen molar-refractivity contribution in [1.82, 2.24) is 10.2 Å². The van der Waals surface area contributed by atoms with Crippen molar-refractivity contribution in [2.45, 2.75) is 12.5 Å². The van der Waals surface area contributed by atoms with E-state index in [0.29, 0.717) is 5.56 Å². The summed E-state index contributed by atoms with van der Waals surface area (Å²) in [6, 6.07) is 13.8. The van der Waals surface area contributed by atoms with E-state index in [1.54, 1.807) is 43.3 Å². The van der Waals surface area contributed by atoms with Gasteiger partial charge in [0, 0.05) is 0 Å². The monoisotopic (exact) mass is 341 g/mol. The first-order chi connectivity index (χ1) is 11.9. The maximum Gasteiger partial charge on any atom is 0.325 e. The molecule has 0 aliphatic carbocycles.